The maximum atomic E-state index is 13.9. The van der Waals surface area contributed by atoms with Crippen molar-refractivity contribution in [2.24, 2.45) is 0 Å². The van der Waals surface area contributed by atoms with Crippen molar-refractivity contribution < 1.29 is 9.50 Å². The Kier molecular flexibility index (Phi) is 7.10. The molecule has 1 heterocycles. The van der Waals surface area contributed by atoms with E-state index in [-0.39, 0.29) is 24.3 Å². The summed E-state index contributed by atoms with van der Waals surface area (Å²) in [5, 5.41) is 10.1. The molecule has 1 aromatic carbocycles. The number of hydrogen-bond donors (Lipinski definition) is 1. The third-order valence-electron chi connectivity index (χ3n) is 4.50. The van der Waals surface area contributed by atoms with E-state index in [1.165, 1.54) is 6.07 Å². The number of hydrogen-bond acceptors (Lipinski definition) is 2. The van der Waals surface area contributed by atoms with Crippen LogP contribution in [0.1, 0.15) is 81.8 Å². The van der Waals surface area contributed by atoms with Gasteiger partial charge in [0.05, 0.1) is 12.3 Å². The number of rotatable bonds is 7. The Morgan fingerprint density at radius 3 is 2.35 bits per heavy atom. The van der Waals surface area contributed by atoms with Gasteiger partial charge in [-0.05, 0) is 41.5 Å². The Morgan fingerprint density at radius 1 is 1.12 bits per heavy atom. The van der Waals surface area contributed by atoms with E-state index in [4.69, 9.17) is 4.98 Å². The first-order valence-corrected chi connectivity index (χ1v) is 9.50. The Balaban J connectivity index is 2.89. The van der Waals surface area contributed by atoms with Crippen LogP contribution in [-0.2, 0) is 6.61 Å². The quantitative estimate of drug-likeness (QED) is 0.620. The summed E-state index contributed by atoms with van der Waals surface area (Å²) in [7, 11) is 0. The number of aliphatic hydroxyl groups excluding tert-OH is 1. The van der Waals surface area contributed by atoms with E-state index >= 15 is 0 Å². The minimum atomic E-state index is -0.274. The molecular formula is C23H30FNO. The summed E-state index contributed by atoms with van der Waals surface area (Å²) in [4.78, 5) is 4.92. The van der Waals surface area contributed by atoms with E-state index in [0.29, 0.717) is 0 Å². The molecule has 3 heteroatoms. The normalized spacial score (nSPS) is 11.9. The van der Waals surface area contributed by atoms with Crippen LogP contribution >= 0.6 is 0 Å². The van der Waals surface area contributed by atoms with E-state index in [2.05, 4.69) is 46.8 Å². The van der Waals surface area contributed by atoms with Gasteiger partial charge in [-0.1, -0.05) is 65.3 Å². The fraction of sp³-hybridized carbons (Fsp3) is 0.435. The highest BCUT2D eigenvalue weighted by atomic mass is 19.1. The molecule has 0 aliphatic rings. The van der Waals surface area contributed by atoms with Crippen molar-refractivity contribution in [2.45, 2.75) is 65.9 Å². The van der Waals surface area contributed by atoms with Gasteiger partial charge in [0.1, 0.15) is 5.82 Å². The fourth-order valence-electron chi connectivity index (χ4n) is 3.26. The Bertz CT molecular complexity index is 778. The smallest absolute Gasteiger partial charge is 0.123 e. The summed E-state index contributed by atoms with van der Waals surface area (Å²) in [5.74, 6) is 0.133. The number of aromatic nitrogens is 1. The van der Waals surface area contributed by atoms with E-state index in [1.807, 2.05) is 6.07 Å². The zero-order valence-corrected chi connectivity index (χ0v) is 16.5. The molecule has 1 aromatic heterocycles. The van der Waals surface area contributed by atoms with Gasteiger partial charge in [-0.2, -0.15) is 0 Å². The molecule has 0 aliphatic heterocycles. The van der Waals surface area contributed by atoms with E-state index < -0.39 is 0 Å². The highest BCUT2D eigenvalue weighted by molar-refractivity contribution is 5.80. The van der Waals surface area contributed by atoms with E-state index in [1.54, 1.807) is 12.1 Å². The number of halogens is 1. The largest absolute Gasteiger partial charge is 0.392 e. The van der Waals surface area contributed by atoms with Gasteiger partial charge in [-0.3, -0.25) is 4.98 Å². The molecule has 0 radical (unpaired) electrons. The number of pyridine rings is 1. The van der Waals surface area contributed by atoms with E-state index in [9.17, 15) is 9.50 Å². The monoisotopic (exact) mass is 355 g/mol. The summed E-state index contributed by atoms with van der Waals surface area (Å²) in [6.45, 7) is 10.4. The van der Waals surface area contributed by atoms with Gasteiger partial charge in [-0.25, -0.2) is 4.39 Å². The number of benzene rings is 1. The predicted molar refractivity (Wildman–Crippen MR) is 108 cm³/mol. The molecule has 0 fully saturated rings. The van der Waals surface area contributed by atoms with Crippen LogP contribution in [-0.4, -0.2) is 10.1 Å². The van der Waals surface area contributed by atoms with Crippen LogP contribution in [0.25, 0.3) is 17.2 Å². The van der Waals surface area contributed by atoms with Crippen molar-refractivity contribution in [1.82, 2.24) is 4.98 Å². The molecule has 0 unspecified atom stereocenters. The second-order valence-corrected chi connectivity index (χ2v) is 7.32. The Morgan fingerprint density at radius 2 is 1.81 bits per heavy atom. The summed E-state index contributed by atoms with van der Waals surface area (Å²) < 4.78 is 13.9. The Hall–Kier alpha value is -2.00. The summed E-state index contributed by atoms with van der Waals surface area (Å²) >= 11 is 0. The van der Waals surface area contributed by atoms with Gasteiger partial charge in [0, 0.05) is 16.8 Å². The predicted octanol–water partition coefficient (Wildman–Crippen LogP) is 6.44. The molecular weight excluding hydrogens is 325 g/mol. The molecule has 26 heavy (non-hydrogen) atoms. The van der Waals surface area contributed by atoms with Crippen LogP contribution < -0.4 is 0 Å². The molecule has 0 amide bonds. The first-order chi connectivity index (χ1) is 12.4. The van der Waals surface area contributed by atoms with Crippen LogP contribution in [0.4, 0.5) is 4.39 Å². The average Bonchev–Trinajstić information content (AvgIpc) is 2.60. The minimum absolute atomic E-state index is 0.112. The van der Waals surface area contributed by atoms with Gasteiger partial charge in [0.2, 0.25) is 0 Å². The molecule has 0 spiro atoms. The first kappa shape index (κ1) is 20.3. The topological polar surface area (TPSA) is 33.1 Å². The molecule has 0 atom stereocenters. The molecule has 0 aliphatic carbocycles. The zero-order chi connectivity index (χ0) is 19.3. The van der Waals surface area contributed by atoms with Gasteiger partial charge >= 0.3 is 0 Å². The highest BCUT2D eigenvalue weighted by Gasteiger charge is 2.22. The molecule has 0 saturated heterocycles. The van der Waals surface area contributed by atoms with E-state index in [0.717, 1.165) is 46.5 Å². The summed E-state index contributed by atoms with van der Waals surface area (Å²) in [6.07, 6.45) is 6.27. The molecule has 140 valence electrons. The maximum Gasteiger partial charge on any atom is 0.123 e. The van der Waals surface area contributed by atoms with Crippen LogP contribution in [0.5, 0.6) is 0 Å². The number of nitrogens with zero attached hydrogens (tertiary/aromatic N) is 1. The van der Waals surface area contributed by atoms with Crippen molar-refractivity contribution in [3.05, 3.63) is 58.7 Å². The minimum Gasteiger partial charge on any atom is -0.392 e. The summed E-state index contributed by atoms with van der Waals surface area (Å²) in [6, 6.07) is 6.61. The maximum absolute atomic E-state index is 13.9. The van der Waals surface area contributed by atoms with Crippen molar-refractivity contribution in [3.63, 3.8) is 0 Å². The fourth-order valence-corrected chi connectivity index (χ4v) is 3.26. The zero-order valence-electron chi connectivity index (χ0n) is 16.5. The number of allylic oxidation sites excluding steroid dienone is 1. The average molecular weight is 355 g/mol. The molecule has 0 saturated carbocycles. The first-order valence-electron chi connectivity index (χ1n) is 9.50. The lowest BCUT2D eigenvalue weighted by atomic mass is 9.87. The van der Waals surface area contributed by atoms with Crippen molar-refractivity contribution >= 4 is 6.08 Å². The van der Waals surface area contributed by atoms with Crippen LogP contribution in [0, 0.1) is 5.82 Å². The third-order valence-corrected chi connectivity index (χ3v) is 4.50. The molecule has 1 N–H and O–H groups in total. The number of aliphatic hydroxyl groups is 1. The molecule has 0 bridgehead atoms. The lowest BCUT2D eigenvalue weighted by Gasteiger charge is -2.23. The van der Waals surface area contributed by atoms with Gasteiger partial charge in [-0.15, -0.1) is 0 Å². The lowest BCUT2D eigenvalue weighted by molar-refractivity contribution is 0.280. The van der Waals surface area contributed by atoms with Gasteiger partial charge < -0.3 is 5.11 Å². The highest BCUT2D eigenvalue weighted by Crippen LogP contribution is 2.37. The van der Waals surface area contributed by atoms with Crippen LogP contribution in [0.15, 0.2) is 30.3 Å². The third kappa shape index (κ3) is 4.39. The molecule has 2 nitrogen and oxygen atoms in total. The van der Waals surface area contributed by atoms with Crippen LogP contribution in [0.2, 0.25) is 0 Å². The Labute approximate surface area is 156 Å². The second kappa shape index (κ2) is 9.09. The van der Waals surface area contributed by atoms with Crippen molar-refractivity contribution in [3.8, 4) is 11.1 Å². The SMILES string of the molecule is CCC/C=C/c1c(C(C)C)nc(C(C)C)c(CO)c1-c1cccc(F)c1. The summed E-state index contributed by atoms with van der Waals surface area (Å²) in [5.41, 5.74) is 5.37. The lowest BCUT2D eigenvalue weighted by Crippen LogP contribution is -2.10. The standard InChI is InChI=1S/C23H30FNO/c1-6-7-8-12-19-21(17-10-9-11-18(24)13-17)20(14-26)23(16(4)5)25-22(19)15(2)3/h8-13,15-16,26H,6-7,14H2,1-5H3/b12-8+. The second-order valence-electron chi connectivity index (χ2n) is 7.32. The van der Waals surface area contributed by atoms with Crippen molar-refractivity contribution in [2.75, 3.05) is 0 Å². The van der Waals surface area contributed by atoms with Gasteiger partial charge in [0.15, 0.2) is 0 Å². The number of unbranched alkanes of at least 4 members (excludes halogenated alkanes) is 1. The van der Waals surface area contributed by atoms with Crippen molar-refractivity contribution in [1.29, 1.82) is 0 Å². The van der Waals surface area contributed by atoms with Crippen LogP contribution in [0.3, 0.4) is 0 Å². The molecule has 2 rings (SSSR count). The van der Waals surface area contributed by atoms with Gasteiger partial charge in [0.25, 0.3) is 0 Å². The molecule has 2 aromatic rings.